The lowest BCUT2D eigenvalue weighted by atomic mass is 10.2. The summed E-state index contributed by atoms with van der Waals surface area (Å²) in [6.45, 7) is 1.59. The van der Waals surface area contributed by atoms with E-state index in [-0.39, 0.29) is 21.8 Å². The molecule has 2 rings (SSSR count). The van der Waals surface area contributed by atoms with Gasteiger partial charge in [-0.1, -0.05) is 17.9 Å². The predicted molar refractivity (Wildman–Crippen MR) is 82.3 cm³/mol. The van der Waals surface area contributed by atoms with Crippen LogP contribution in [0.3, 0.4) is 0 Å². The Balaban J connectivity index is 2.42. The Kier molecular flexibility index (Phi) is 4.43. The van der Waals surface area contributed by atoms with Crippen LogP contribution in [0.2, 0.25) is 0 Å². The fraction of sp³-hybridized carbons (Fsp3) is 0.0714. The highest BCUT2D eigenvalue weighted by atomic mass is 32.2. The van der Waals surface area contributed by atoms with Gasteiger partial charge in [0, 0.05) is 18.3 Å². The van der Waals surface area contributed by atoms with Crippen LogP contribution in [-0.4, -0.2) is 19.6 Å². The molecule has 8 nitrogen and oxygen atoms in total. The van der Waals surface area contributed by atoms with Crippen LogP contribution in [0.5, 0.6) is 5.75 Å². The summed E-state index contributed by atoms with van der Waals surface area (Å²) in [6, 6.07) is 7.61. The largest absolute Gasteiger partial charge is 0.872 e. The first-order valence-electron chi connectivity index (χ1n) is 6.31. The van der Waals surface area contributed by atoms with E-state index >= 15 is 0 Å². The molecular formula is C14H12N3O5S-. The van der Waals surface area contributed by atoms with Crippen LogP contribution in [0.1, 0.15) is 11.1 Å². The molecule has 9 heteroatoms. The molecule has 0 spiro atoms. The maximum absolute atomic E-state index is 11.7. The van der Waals surface area contributed by atoms with Crippen LogP contribution in [0.25, 0.3) is 0 Å². The lowest BCUT2D eigenvalue weighted by Gasteiger charge is -2.09. The summed E-state index contributed by atoms with van der Waals surface area (Å²) in [4.78, 5) is 14.0. The normalized spacial score (nSPS) is 11.7. The van der Waals surface area contributed by atoms with Gasteiger partial charge in [0.25, 0.3) is 5.69 Å². The second-order valence-corrected chi connectivity index (χ2v) is 6.26. The summed E-state index contributed by atoms with van der Waals surface area (Å²) >= 11 is 0. The number of nitro benzene ring substituents is 1. The Morgan fingerprint density at radius 3 is 2.52 bits per heavy atom. The fourth-order valence-electron chi connectivity index (χ4n) is 1.87. The Labute approximate surface area is 132 Å². The summed E-state index contributed by atoms with van der Waals surface area (Å²) in [7, 11) is -3.89. The quantitative estimate of drug-likeness (QED) is 0.511. The van der Waals surface area contributed by atoms with E-state index in [1.165, 1.54) is 12.1 Å². The molecule has 2 aromatic rings. The van der Waals surface area contributed by atoms with E-state index < -0.39 is 20.7 Å². The fourth-order valence-corrected chi connectivity index (χ4v) is 2.67. The van der Waals surface area contributed by atoms with Crippen LogP contribution < -0.4 is 10.2 Å². The Bertz CT molecular complexity index is 907. The molecule has 2 N–H and O–H groups in total. The Morgan fingerprint density at radius 2 is 1.91 bits per heavy atom. The number of aliphatic imine (C=N–C) groups is 1. The maximum Gasteiger partial charge on any atom is 0.270 e. The van der Waals surface area contributed by atoms with Gasteiger partial charge in [0.05, 0.1) is 15.5 Å². The summed E-state index contributed by atoms with van der Waals surface area (Å²) in [5.74, 6) is -0.432. The minimum Gasteiger partial charge on any atom is -0.872 e. The van der Waals surface area contributed by atoms with Gasteiger partial charge in [0.2, 0.25) is 10.0 Å². The van der Waals surface area contributed by atoms with E-state index in [0.717, 1.165) is 24.4 Å². The second-order valence-electron chi connectivity index (χ2n) is 4.73. The van der Waals surface area contributed by atoms with Crippen molar-refractivity contribution in [3.63, 3.8) is 0 Å². The van der Waals surface area contributed by atoms with E-state index in [2.05, 4.69) is 4.99 Å². The molecule has 0 amide bonds. The predicted octanol–water partition coefficient (Wildman–Crippen LogP) is 1.37. The van der Waals surface area contributed by atoms with Crippen LogP contribution in [-0.2, 0) is 10.0 Å². The maximum atomic E-state index is 11.7. The zero-order chi connectivity index (χ0) is 17.2. The summed E-state index contributed by atoms with van der Waals surface area (Å²) < 4.78 is 22.9. The highest BCUT2D eigenvalue weighted by Crippen LogP contribution is 2.23. The molecule has 0 heterocycles. The summed E-state index contributed by atoms with van der Waals surface area (Å²) in [5, 5.41) is 27.5. The number of aryl methyl sites for hydroxylation is 1. The van der Waals surface area contributed by atoms with Crippen molar-refractivity contribution < 1.29 is 18.4 Å². The smallest absolute Gasteiger partial charge is 0.270 e. The van der Waals surface area contributed by atoms with E-state index in [9.17, 15) is 23.6 Å². The van der Waals surface area contributed by atoms with Gasteiger partial charge in [-0.3, -0.25) is 15.1 Å². The number of primary sulfonamides is 1. The minimum absolute atomic E-state index is 0.0249. The summed E-state index contributed by atoms with van der Waals surface area (Å²) in [5.41, 5.74) is 0.508. The monoisotopic (exact) mass is 334 g/mol. The van der Waals surface area contributed by atoms with Crippen molar-refractivity contribution in [2.45, 2.75) is 11.8 Å². The number of hydrogen-bond acceptors (Lipinski definition) is 6. The number of rotatable bonds is 4. The standard InChI is InChI=1S/C14H13N3O5S/c1-9-2-3-11(7-14(9)23(15,21)22)16-8-10-6-12(17(19)20)4-5-13(10)18/h2-8,18H,1H3,(H2,15,21,22)/p-1. The number of nitrogens with zero attached hydrogens (tertiary/aromatic N) is 2. The third kappa shape index (κ3) is 3.90. The first kappa shape index (κ1) is 16.6. The topological polar surface area (TPSA) is 139 Å². The third-order valence-electron chi connectivity index (χ3n) is 3.04. The summed E-state index contributed by atoms with van der Waals surface area (Å²) in [6.07, 6.45) is 1.15. The molecule has 120 valence electrons. The average molecular weight is 334 g/mol. The highest BCUT2D eigenvalue weighted by Gasteiger charge is 2.12. The zero-order valence-electron chi connectivity index (χ0n) is 12.0. The number of benzene rings is 2. The molecule has 0 bridgehead atoms. The molecule has 0 radical (unpaired) electrons. The van der Waals surface area contributed by atoms with Crippen LogP contribution in [0.15, 0.2) is 46.3 Å². The lowest BCUT2D eigenvalue weighted by molar-refractivity contribution is -0.385. The first-order chi connectivity index (χ1) is 10.7. The van der Waals surface area contributed by atoms with Gasteiger partial charge in [-0.05, 0) is 30.2 Å². The van der Waals surface area contributed by atoms with E-state index in [4.69, 9.17) is 5.14 Å². The van der Waals surface area contributed by atoms with E-state index in [1.807, 2.05) is 0 Å². The van der Waals surface area contributed by atoms with Crippen molar-refractivity contribution in [2.24, 2.45) is 10.1 Å². The molecule has 0 aliphatic heterocycles. The van der Waals surface area contributed by atoms with E-state index in [0.29, 0.717) is 5.56 Å². The lowest BCUT2D eigenvalue weighted by Crippen LogP contribution is -2.13. The average Bonchev–Trinajstić information content (AvgIpc) is 2.46. The molecular weight excluding hydrogens is 322 g/mol. The molecule has 0 aliphatic rings. The van der Waals surface area contributed by atoms with Crippen molar-refractivity contribution in [3.05, 3.63) is 57.6 Å². The van der Waals surface area contributed by atoms with Gasteiger partial charge in [0.1, 0.15) is 0 Å². The number of nitro groups is 1. The zero-order valence-corrected chi connectivity index (χ0v) is 12.8. The van der Waals surface area contributed by atoms with E-state index in [1.54, 1.807) is 13.0 Å². The Morgan fingerprint density at radius 1 is 1.22 bits per heavy atom. The van der Waals surface area contributed by atoms with Crippen LogP contribution in [0, 0.1) is 17.0 Å². The van der Waals surface area contributed by atoms with Crippen molar-refractivity contribution in [3.8, 4) is 5.75 Å². The van der Waals surface area contributed by atoms with Crippen molar-refractivity contribution in [2.75, 3.05) is 0 Å². The highest BCUT2D eigenvalue weighted by molar-refractivity contribution is 7.89. The van der Waals surface area contributed by atoms with Crippen molar-refractivity contribution >= 4 is 27.6 Å². The van der Waals surface area contributed by atoms with Crippen LogP contribution >= 0.6 is 0 Å². The van der Waals surface area contributed by atoms with Crippen molar-refractivity contribution in [1.29, 1.82) is 0 Å². The van der Waals surface area contributed by atoms with Gasteiger partial charge in [-0.25, -0.2) is 13.6 Å². The minimum atomic E-state index is -3.89. The second kappa shape index (κ2) is 6.15. The molecule has 0 saturated carbocycles. The van der Waals surface area contributed by atoms with Gasteiger partial charge < -0.3 is 5.11 Å². The molecule has 0 aromatic heterocycles. The van der Waals surface area contributed by atoms with Gasteiger partial charge in [0.15, 0.2) is 0 Å². The number of non-ortho nitro benzene ring substituents is 1. The van der Waals surface area contributed by atoms with Crippen molar-refractivity contribution in [1.82, 2.24) is 0 Å². The molecule has 2 aromatic carbocycles. The van der Waals surface area contributed by atoms with Crippen LogP contribution in [0.4, 0.5) is 11.4 Å². The molecule has 0 atom stereocenters. The Hall–Kier alpha value is -2.78. The third-order valence-corrected chi connectivity index (χ3v) is 4.09. The SMILES string of the molecule is Cc1ccc(N=Cc2cc([N+](=O)[O-])ccc2[O-])cc1S(N)(=O)=O. The molecule has 0 fully saturated rings. The van der Waals surface area contributed by atoms with Gasteiger partial charge >= 0.3 is 0 Å². The van der Waals surface area contributed by atoms with Gasteiger partial charge in [-0.2, -0.15) is 0 Å². The number of nitrogens with two attached hydrogens (primary N) is 1. The molecule has 23 heavy (non-hydrogen) atoms. The number of sulfonamides is 1. The first-order valence-corrected chi connectivity index (χ1v) is 7.86. The molecule has 0 aliphatic carbocycles. The molecule has 0 saturated heterocycles. The molecule has 0 unspecified atom stereocenters. The van der Waals surface area contributed by atoms with Gasteiger partial charge in [-0.15, -0.1) is 0 Å². The number of hydrogen-bond donors (Lipinski definition) is 1.